The Labute approximate surface area is 151 Å². The summed E-state index contributed by atoms with van der Waals surface area (Å²) in [5.41, 5.74) is 0. The van der Waals surface area contributed by atoms with Crippen molar-refractivity contribution >= 4 is 11.8 Å². The lowest BCUT2D eigenvalue weighted by molar-refractivity contribution is 0.172. The third-order valence-corrected chi connectivity index (χ3v) is 4.22. The number of benzene rings is 1. The van der Waals surface area contributed by atoms with Crippen LogP contribution >= 0.6 is 0 Å². The van der Waals surface area contributed by atoms with Gasteiger partial charge in [0.05, 0.1) is 0 Å². The first-order valence-corrected chi connectivity index (χ1v) is 8.62. The molecule has 2 heterocycles. The van der Waals surface area contributed by atoms with Crippen LogP contribution in [0.25, 0.3) is 0 Å². The number of halogens is 1. The molecule has 138 valence electrons. The van der Waals surface area contributed by atoms with Crippen LogP contribution in [0.2, 0.25) is 0 Å². The number of aromatic nitrogens is 2. The molecule has 0 spiro atoms. The normalized spacial score (nSPS) is 17.1. The molecule has 1 aromatic heterocycles. The number of rotatable bonds is 4. The minimum absolute atomic E-state index is 0.0428. The molecule has 1 N–H and O–H groups in total. The lowest BCUT2D eigenvalue weighted by atomic mass is 10.2. The molecule has 1 aliphatic heterocycles. The Morgan fingerprint density at radius 1 is 1.35 bits per heavy atom. The number of ether oxygens (including phenoxy) is 1. The van der Waals surface area contributed by atoms with Crippen molar-refractivity contribution in [2.24, 2.45) is 0 Å². The fraction of sp³-hybridized carbons (Fsp3) is 0.389. The molecule has 0 radical (unpaired) electrons. The topological polar surface area (TPSA) is 70.6 Å². The molecule has 0 saturated carbocycles. The fourth-order valence-electron chi connectivity index (χ4n) is 2.92. The van der Waals surface area contributed by atoms with Crippen LogP contribution in [0.3, 0.4) is 0 Å². The smallest absolute Gasteiger partial charge is 0.317 e. The SMILES string of the molecule is CCNC(=O)N1CCN(c2cc(Oc3ccccc3F)ncn2)C[C@H]1C. The Balaban J connectivity index is 1.69. The van der Waals surface area contributed by atoms with E-state index in [1.165, 1.54) is 12.4 Å². The summed E-state index contributed by atoms with van der Waals surface area (Å²) in [4.78, 5) is 24.3. The van der Waals surface area contributed by atoms with Crippen molar-refractivity contribution in [3.8, 4) is 11.6 Å². The van der Waals surface area contributed by atoms with Crippen molar-refractivity contribution in [1.82, 2.24) is 20.2 Å². The van der Waals surface area contributed by atoms with Gasteiger partial charge in [-0.25, -0.2) is 19.2 Å². The fourth-order valence-corrected chi connectivity index (χ4v) is 2.92. The zero-order chi connectivity index (χ0) is 18.5. The van der Waals surface area contributed by atoms with E-state index in [0.29, 0.717) is 32.0 Å². The zero-order valence-electron chi connectivity index (χ0n) is 14.9. The van der Waals surface area contributed by atoms with Crippen molar-refractivity contribution < 1.29 is 13.9 Å². The van der Waals surface area contributed by atoms with Crippen LogP contribution in [0.4, 0.5) is 15.0 Å². The van der Waals surface area contributed by atoms with Crippen LogP contribution in [0.1, 0.15) is 13.8 Å². The zero-order valence-corrected chi connectivity index (χ0v) is 14.9. The number of hydrogen-bond donors (Lipinski definition) is 1. The van der Waals surface area contributed by atoms with E-state index in [1.54, 1.807) is 24.3 Å². The molecular weight excluding hydrogens is 337 g/mol. The number of hydrogen-bond acceptors (Lipinski definition) is 5. The molecule has 1 aliphatic rings. The van der Waals surface area contributed by atoms with Crippen molar-refractivity contribution in [1.29, 1.82) is 0 Å². The molecular formula is C18H22FN5O2. The first-order valence-electron chi connectivity index (χ1n) is 8.62. The van der Waals surface area contributed by atoms with E-state index in [0.717, 1.165) is 0 Å². The van der Waals surface area contributed by atoms with E-state index in [2.05, 4.69) is 20.2 Å². The van der Waals surface area contributed by atoms with E-state index in [4.69, 9.17) is 4.74 Å². The Bertz CT molecular complexity index is 773. The molecule has 26 heavy (non-hydrogen) atoms. The summed E-state index contributed by atoms with van der Waals surface area (Å²) >= 11 is 0. The Hall–Kier alpha value is -2.90. The summed E-state index contributed by atoms with van der Waals surface area (Å²) in [6.07, 6.45) is 1.40. The van der Waals surface area contributed by atoms with Crippen LogP contribution < -0.4 is 15.0 Å². The third-order valence-electron chi connectivity index (χ3n) is 4.22. The summed E-state index contributed by atoms with van der Waals surface area (Å²) < 4.78 is 19.3. The quantitative estimate of drug-likeness (QED) is 0.909. The summed E-state index contributed by atoms with van der Waals surface area (Å²) in [5.74, 6) is 0.635. The van der Waals surface area contributed by atoms with E-state index in [-0.39, 0.29) is 23.7 Å². The number of anilines is 1. The van der Waals surface area contributed by atoms with Gasteiger partial charge in [0, 0.05) is 38.3 Å². The van der Waals surface area contributed by atoms with Gasteiger partial charge < -0.3 is 19.9 Å². The lowest BCUT2D eigenvalue weighted by Crippen LogP contribution is -2.56. The maximum absolute atomic E-state index is 13.7. The van der Waals surface area contributed by atoms with Crippen molar-refractivity contribution in [2.75, 3.05) is 31.1 Å². The van der Waals surface area contributed by atoms with Gasteiger partial charge in [0.15, 0.2) is 11.6 Å². The van der Waals surface area contributed by atoms with Gasteiger partial charge in [-0.3, -0.25) is 0 Å². The number of nitrogens with one attached hydrogen (secondary N) is 1. The number of amides is 2. The van der Waals surface area contributed by atoms with Crippen LogP contribution in [-0.4, -0.2) is 53.1 Å². The van der Waals surface area contributed by atoms with E-state index in [1.807, 2.05) is 18.7 Å². The molecule has 1 aromatic carbocycles. The van der Waals surface area contributed by atoms with Crippen molar-refractivity contribution in [3.63, 3.8) is 0 Å². The second-order valence-electron chi connectivity index (χ2n) is 6.07. The van der Waals surface area contributed by atoms with Crippen LogP contribution in [-0.2, 0) is 0 Å². The highest BCUT2D eigenvalue weighted by molar-refractivity contribution is 5.74. The molecule has 2 amide bonds. The molecule has 7 nitrogen and oxygen atoms in total. The maximum atomic E-state index is 13.7. The Kier molecular flexibility index (Phi) is 5.50. The predicted molar refractivity (Wildman–Crippen MR) is 96.0 cm³/mol. The highest BCUT2D eigenvalue weighted by atomic mass is 19.1. The number of carbonyl (C=O) groups excluding carboxylic acids is 1. The first-order chi connectivity index (χ1) is 12.6. The van der Waals surface area contributed by atoms with Crippen LogP contribution in [0.5, 0.6) is 11.6 Å². The van der Waals surface area contributed by atoms with Crippen molar-refractivity contribution in [3.05, 3.63) is 42.5 Å². The lowest BCUT2D eigenvalue weighted by Gasteiger charge is -2.40. The molecule has 3 rings (SSSR count). The van der Waals surface area contributed by atoms with Gasteiger partial charge in [-0.15, -0.1) is 0 Å². The van der Waals surface area contributed by atoms with Gasteiger partial charge in [-0.1, -0.05) is 12.1 Å². The van der Waals surface area contributed by atoms with Gasteiger partial charge in [0.25, 0.3) is 0 Å². The van der Waals surface area contributed by atoms with Gasteiger partial charge in [-0.2, -0.15) is 0 Å². The average Bonchev–Trinajstić information content (AvgIpc) is 2.64. The molecule has 1 atom stereocenters. The monoisotopic (exact) mass is 359 g/mol. The van der Waals surface area contributed by atoms with E-state index in [9.17, 15) is 9.18 Å². The van der Waals surface area contributed by atoms with Gasteiger partial charge in [0.2, 0.25) is 5.88 Å². The first kappa shape index (κ1) is 17.9. The average molecular weight is 359 g/mol. The Morgan fingerprint density at radius 2 is 2.15 bits per heavy atom. The number of nitrogens with zero attached hydrogens (tertiary/aromatic N) is 4. The molecule has 0 unspecified atom stereocenters. The molecule has 0 aliphatic carbocycles. The van der Waals surface area contributed by atoms with Crippen molar-refractivity contribution in [2.45, 2.75) is 19.9 Å². The summed E-state index contributed by atoms with van der Waals surface area (Å²) in [5, 5.41) is 2.83. The molecule has 0 bridgehead atoms. The minimum atomic E-state index is -0.447. The third kappa shape index (κ3) is 4.01. The largest absolute Gasteiger partial charge is 0.436 e. The second-order valence-corrected chi connectivity index (χ2v) is 6.07. The highest BCUT2D eigenvalue weighted by Crippen LogP contribution is 2.25. The molecule has 8 heteroatoms. The molecule has 2 aromatic rings. The van der Waals surface area contributed by atoms with Crippen LogP contribution in [0.15, 0.2) is 36.7 Å². The summed E-state index contributed by atoms with van der Waals surface area (Å²) in [7, 11) is 0. The van der Waals surface area contributed by atoms with Gasteiger partial charge in [0.1, 0.15) is 12.1 Å². The number of urea groups is 1. The van der Waals surface area contributed by atoms with E-state index < -0.39 is 5.82 Å². The maximum Gasteiger partial charge on any atom is 0.317 e. The highest BCUT2D eigenvalue weighted by Gasteiger charge is 2.28. The molecule has 1 fully saturated rings. The summed E-state index contributed by atoms with van der Waals surface area (Å²) in [6.45, 7) is 6.40. The van der Waals surface area contributed by atoms with Crippen LogP contribution in [0, 0.1) is 5.82 Å². The minimum Gasteiger partial charge on any atom is -0.436 e. The van der Waals surface area contributed by atoms with Gasteiger partial charge in [-0.05, 0) is 26.0 Å². The summed E-state index contributed by atoms with van der Waals surface area (Å²) in [6, 6.07) is 7.85. The van der Waals surface area contributed by atoms with E-state index >= 15 is 0 Å². The number of carbonyl (C=O) groups is 1. The number of piperazine rings is 1. The predicted octanol–water partition coefficient (Wildman–Crippen LogP) is 2.65. The van der Waals surface area contributed by atoms with Gasteiger partial charge >= 0.3 is 6.03 Å². The Morgan fingerprint density at radius 3 is 2.88 bits per heavy atom. The second kappa shape index (κ2) is 7.99. The molecule has 1 saturated heterocycles. The standard InChI is InChI=1S/C18H22FN5O2/c1-3-20-18(25)24-9-8-23(11-13(24)2)16-10-17(22-12-21-16)26-15-7-5-4-6-14(15)19/h4-7,10,12-13H,3,8-9,11H2,1-2H3,(H,20,25)/t13-/m1/s1. The number of para-hydroxylation sites is 1.